The van der Waals surface area contributed by atoms with E-state index in [1.54, 1.807) is 0 Å². The van der Waals surface area contributed by atoms with E-state index in [2.05, 4.69) is 44.3 Å². The van der Waals surface area contributed by atoms with Crippen LogP contribution in [-0.2, 0) is 4.74 Å². The van der Waals surface area contributed by atoms with Crippen LogP contribution in [0.3, 0.4) is 0 Å². The number of hydrogen-bond acceptors (Lipinski definition) is 7. The number of aromatic nitrogens is 5. The molecule has 8 nitrogen and oxygen atoms in total. The Balaban J connectivity index is 1.59. The molecule has 1 fully saturated rings. The summed E-state index contributed by atoms with van der Waals surface area (Å²) in [6.45, 7) is 8.11. The summed E-state index contributed by atoms with van der Waals surface area (Å²) in [7, 11) is 2.03. The van der Waals surface area contributed by atoms with Crippen LogP contribution in [0.5, 0.6) is 0 Å². The zero-order valence-electron chi connectivity index (χ0n) is 12.7. The van der Waals surface area contributed by atoms with Crippen LogP contribution < -0.4 is 4.90 Å². The first-order chi connectivity index (χ1) is 10.1. The first-order valence-electron chi connectivity index (χ1n) is 7.26. The number of tetrazole rings is 1. The average Bonchev–Trinajstić information content (AvgIpc) is 2.91. The Morgan fingerprint density at radius 2 is 2.05 bits per heavy atom. The van der Waals surface area contributed by atoms with Crippen molar-refractivity contribution in [3.05, 3.63) is 12.1 Å². The summed E-state index contributed by atoms with van der Waals surface area (Å²) in [5.41, 5.74) is 0.656. The molecule has 3 heterocycles. The maximum atomic E-state index is 5.75. The molecule has 0 spiro atoms. The van der Waals surface area contributed by atoms with Crippen molar-refractivity contribution in [2.75, 3.05) is 38.1 Å². The Morgan fingerprint density at radius 1 is 1.29 bits per heavy atom. The molecule has 1 aliphatic heterocycles. The summed E-state index contributed by atoms with van der Waals surface area (Å²) < 4.78 is 7.20. The van der Waals surface area contributed by atoms with Gasteiger partial charge in [0.2, 0.25) is 0 Å². The summed E-state index contributed by atoms with van der Waals surface area (Å²) in [6, 6.07) is 3.81. The van der Waals surface area contributed by atoms with E-state index >= 15 is 0 Å². The highest BCUT2D eigenvalue weighted by atomic mass is 16.5. The lowest BCUT2D eigenvalue weighted by atomic mass is 10.2. The van der Waals surface area contributed by atoms with Gasteiger partial charge in [0.05, 0.1) is 12.2 Å². The van der Waals surface area contributed by atoms with E-state index in [4.69, 9.17) is 4.74 Å². The number of ether oxygens (including phenoxy) is 1. The van der Waals surface area contributed by atoms with Crippen molar-refractivity contribution in [1.82, 2.24) is 30.2 Å². The van der Waals surface area contributed by atoms with Gasteiger partial charge in [0.25, 0.3) is 0 Å². The van der Waals surface area contributed by atoms with Crippen molar-refractivity contribution in [2.24, 2.45) is 0 Å². The third-order valence-corrected chi connectivity index (χ3v) is 3.69. The van der Waals surface area contributed by atoms with Crippen molar-refractivity contribution in [3.8, 4) is 0 Å². The van der Waals surface area contributed by atoms with E-state index in [0.717, 1.165) is 32.0 Å². The van der Waals surface area contributed by atoms with Crippen LogP contribution in [0.15, 0.2) is 12.1 Å². The van der Waals surface area contributed by atoms with Crippen LogP contribution in [0, 0.1) is 0 Å². The molecule has 2 aromatic heterocycles. The van der Waals surface area contributed by atoms with Gasteiger partial charge in [0.15, 0.2) is 11.5 Å². The van der Waals surface area contributed by atoms with Gasteiger partial charge in [0.1, 0.15) is 0 Å². The number of hydrogen-bond donors (Lipinski definition) is 0. The fourth-order valence-corrected chi connectivity index (χ4v) is 2.72. The maximum Gasteiger partial charge on any atom is 0.200 e. The largest absolute Gasteiger partial charge is 0.373 e. The molecule has 3 rings (SSSR count). The van der Waals surface area contributed by atoms with Gasteiger partial charge in [-0.3, -0.25) is 4.90 Å². The van der Waals surface area contributed by atoms with Crippen molar-refractivity contribution < 1.29 is 4.74 Å². The lowest BCUT2D eigenvalue weighted by Crippen LogP contribution is -2.47. The Labute approximate surface area is 123 Å². The predicted molar refractivity (Wildman–Crippen MR) is 78.3 cm³/mol. The number of nitrogens with zero attached hydrogens (tertiary/aromatic N) is 7. The quantitative estimate of drug-likeness (QED) is 0.789. The Morgan fingerprint density at radius 3 is 2.81 bits per heavy atom. The van der Waals surface area contributed by atoms with E-state index in [-0.39, 0.29) is 0 Å². The number of rotatable bonds is 4. The number of likely N-dealkylation sites (N-methyl/N-ethyl adjacent to an activating group) is 1. The SMILES string of the molecule is C[C@@H]1CN(CCN(C)c2ccc3nnnn3n2)C[C@H](C)O1. The van der Waals surface area contributed by atoms with Crippen molar-refractivity contribution in [3.63, 3.8) is 0 Å². The smallest absolute Gasteiger partial charge is 0.200 e. The number of anilines is 1. The van der Waals surface area contributed by atoms with Gasteiger partial charge in [-0.05, 0) is 36.4 Å². The third kappa shape index (κ3) is 3.27. The second kappa shape index (κ2) is 5.90. The molecule has 0 N–H and O–H groups in total. The highest BCUT2D eigenvalue weighted by Crippen LogP contribution is 2.12. The van der Waals surface area contributed by atoms with Gasteiger partial charge in [-0.15, -0.1) is 14.8 Å². The van der Waals surface area contributed by atoms with Crippen LogP contribution >= 0.6 is 0 Å². The second-order valence-corrected chi connectivity index (χ2v) is 5.66. The van der Waals surface area contributed by atoms with Gasteiger partial charge in [0, 0.05) is 33.2 Å². The lowest BCUT2D eigenvalue weighted by molar-refractivity contribution is -0.0670. The fourth-order valence-electron chi connectivity index (χ4n) is 2.72. The average molecular weight is 291 g/mol. The Bertz CT molecular complexity index is 591. The monoisotopic (exact) mass is 291 g/mol. The number of morpholine rings is 1. The van der Waals surface area contributed by atoms with Gasteiger partial charge >= 0.3 is 0 Å². The molecule has 0 aliphatic carbocycles. The van der Waals surface area contributed by atoms with Gasteiger partial charge < -0.3 is 9.64 Å². The second-order valence-electron chi connectivity index (χ2n) is 5.66. The normalized spacial score (nSPS) is 23.6. The molecule has 0 unspecified atom stereocenters. The first-order valence-corrected chi connectivity index (χ1v) is 7.26. The zero-order valence-corrected chi connectivity index (χ0v) is 12.7. The predicted octanol–water partition coefficient (Wildman–Crippen LogP) is 0.0647. The van der Waals surface area contributed by atoms with Crippen LogP contribution in [0.4, 0.5) is 5.82 Å². The van der Waals surface area contributed by atoms with Crippen LogP contribution in [0.1, 0.15) is 13.8 Å². The van der Waals surface area contributed by atoms with E-state index < -0.39 is 0 Å². The van der Waals surface area contributed by atoms with Crippen molar-refractivity contribution >= 4 is 11.5 Å². The summed E-state index contributed by atoms with van der Waals surface area (Å²) in [5, 5.41) is 15.7. The summed E-state index contributed by atoms with van der Waals surface area (Å²) in [4.78, 5) is 4.55. The molecule has 0 bridgehead atoms. The minimum absolute atomic E-state index is 0.301. The minimum atomic E-state index is 0.301. The van der Waals surface area contributed by atoms with E-state index in [1.165, 1.54) is 4.63 Å². The molecule has 2 aromatic rings. The molecule has 8 heteroatoms. The van der Waals surface area contributed by atoms with E-state index in [9.17, 15) is 0 Å². The molecule has 0 aromatic carbocycles. The Hall–Kier alpha value is -1.80. The lowest BCUT2D eigenvalue weighted by Gasteiger charge is -2.36. The minimum Gasteiger partial charge on any atom is -0.373 e. The molecule has 1 aliphatic rings. The standard InChI is InChI=1S/C13H21N7O/c1-10-8-19(9-11(2)21-10)7-6-18(3)13-5-4-12-14-16-17-20(12)15-13/h4-5,10-11H,6-9H2,1-3H3/t10-,11+. The van der Waals surface area contributed by atoms with E-state index in [1.807, 2.05) is 19.2 Å². The summed E-state index contributed by atoms with van der Waals surface area (Å²) >= 11 is 0. The number of fused-ring (bicyclic) bond motifs is 1. The topological polar surface area (TPSA) is 71.7 Å². The fraction of sp³-hybridized carbons (Fsp3) is 0.692. The molecule has 21 heavy (non-hydrogen) atoms. The first kappa shape index (κ1) is 14.2. The summed E-state index contributed by atoms with van der Waals surface area (Å²) in [6.07, 6.45) is 0.601. The molecular weight excluding hydrogens is 270 g/mol. The molecular formula is C13H21N7O. The van der Waals surface area contributed by atoms with Gasteiger partial charge in [-0.2, -0.15) is 0 Å². The van der Waals surface area contributed by atoms with Crippen LogP contribution in [0.2, 0.25) is 0 Å². The van der Waals surface area contributed by atoms with Crippen molar-refractivity contribution in [2.45, 2.75) is 26.1 Å². The third-order valence-electron chi connectivity index (χ3n) is 3.69. The summed E-state index contributed by atoms with van der Waals surface area (Å²) in [5.74, 6) is 0.865. The molecule has 114 valence electrons. The maximum absolute atomic E-state index is 5.75. The highest BCUT2D eigenvalue weighted by molar-refractivity contribution is 5.43. The van der Waals surface area contributed by atoms with Crippen LogP contribution in [0.25, 0.3) is 5.65 Å². The Kier molecular flexibility index (Phi) is 3.98. The molecule has 0 radical (unpaired) electrons. The molecule has 1 saturated heterocycles. The van der Waals surface area contributed by atoms with Gasteiger partial charge in [-0.25, -0.2) is 0 Å². The van der Waals surface area contributed by atoms with Crippen molar-refractivity contribution in [1.29, 1.82) is 0 Å². The van der Waals surface area contributed by atoms with Gasteiger partial charge in [-0.1, -0.05) is 0 Å². The van der Waals surface area contributed by atoms with Crippen LogP contribution in [-0.4, -0.2) is 75.6 Å². The van der Waals surface area contributed by atoms with E-state index in [0.29, 0.717) is 17.9 Å². The zero-order chi connectivity index (χ0) is 14.8. The highest BCUT2D eigenvalue weighted by Gasteiger charge is 2.22. The molecule has 2 atom stereocenters. The molecule has 0 saturated carbocycles. The molecule has 0 amide bonds.